The van der Waals surface area contributed by atoms with Crippen molar-refractivity contribution in [3.8, 4) is 5.69 Å². The van der Waals surface area contributed by atoms with E-state index in [1.807, 2.05) is 13.0 Å². The molecule has 0 bridgehead atoms. The number of nitrogens with zero attached hydrogens (tertiary/aromatic N) is 3. The Morgan fingerprint density at radius 1 is 0.974 bits per heavy atom. The number of carbonyl (C=O) groups is 2. The van der Waals surface area contributed by atoms with Gasteiger partial charge in [0.25, 0.3) is 5.91 Å². The van der Waals surface area contributed by atoms with Crippen molar-refractivity contribution in [3.63, 3.8) is 0 Å². The molecule has 4 rings (SSSR count). The van der Waals surface area contributed by atoms with Crippen LogP contribution in [0.4, 0.5) is 23.2 Å². The molecule has 0 spiro atoms. The molecule has 4 aromatic rings. The van der Waals surface area contributed by atoms with Gasteiger partial charge in [0, 0.05) is 5.69 Å². The second-order valence-electron chi connectivity index (χ2n) is 8.15. The van der Waals surface area contributed by atoms with Gasteiger partial charge in [-0.05, 0) is 55.0 Å². The summed E-state index contributed by atoms with van der Waals surface area (Å²) in [6.45, 7) is 1.63. The van der Waals surface area contributed by atoms with E-state index >= 15 is 0 Å². The average Bonchev–Trinajstić information content (AvgIpc) is 3.29. The molecule has 196 valence electrons. The van der Waals surface area contributed by atoms with Crippen LogP contribution >= 0.6 is 11.8 Å². The van der Waals surface area contributed by atoms with E-state index in [2.05, 4.69) is 20.8 Å². The first-order chi connectivity index (χ1) is 18.1. The predicted molar refractivity (Wildman–Crippen MR) is 134 cm³/mol. The highest BCUT2D eigenvalue weighted by molar-refractivity contribution is 7.99. The molecule has 0 saturated heterocycles. The molecule has 0 radical (unpaired) electrons. The van der Waals surface area contributed by atoms with Gasteiger partial charge in [0.05, 0.1) is 29.1 Å². The van der Waals surface area contributed by atoms with E-state index in [-0.39, 0.29) is 40.4 Å². The number of hydrogen-bond acceptors (Lipinski definition) is 5. The molecule has 3 aromatic carbocycles. The molecule has 12 heteroatoms. The molecule has 1 aromatic heterocycles. The van der Waals surface area contributed by atoms with Crippen molar-refractivity contribution < 1.29 is 27.2 Å². The van der Waals surface area contributed by atoms with Crippen molar-refractivity contribution in [2.45, 2.75) is 24.8 Å². The van der Waals surface area contributed by atoms with Gasteiger partial charge in [-0.25, -0.2) is 4.39 Å². The minimum atomic E-state index is -4.59. The molecule has 0 saturated carbocycles. The molecular weight excluding hydrogens is 522 g/mol. The molecule has 0 unspecified atom stereocenters. The maximum Gasteiger partial charge on any atom is 0.416 e. The third-order valence-electron chi connectivity index (χ3n) is 5.29. The summed E-state index contributed by atoms with van der Waals surface area (Å²) in [6.07, 6.45) is -4.59. The number of rotatable bonds is 8. The van der Waals surface area contributed by atoms with Crippen LogP contribution in [0.3, 0.4) is 0 Å². The zero-order chi connectivity index (χ0) is 27.3. The maximum absolute atomic E-state index is 14.0. The second kappa shape index (κ2) is 11.5. The first-order valence-corrected chi connectivity index (χ1v) is 12.2. The Morgan fingerprint density at radius 3 is 2.47 bits per heavy atom. The van der Waals surface area contributed by atoms with Gasteiger partial charge in [-0.1, -0.05) is 42.1 Å². The largest absolute Gasteiger partial charge is 0.416 e. The summed E-state index contributed by atoms with van der Waals surface area (Å²) in [5.41, 5.74) is 0.563. The van der Waals surface area contributed by atoms with Crippen LogP contribution in [0.5, 0.6) is 0 Å². The molecule has 1 heterocycles. The lowest BCUT2D eigenvalue weighted by molar-refractivity contribution is -0.137. The van der Waals surface area contributed by atoms with Gasteiger partial charge in [0.1, 0.15) is 5.82 Å². The Kier molecular flexibility index (Phi) is 8.10. The second-order valence-corrected chi connectivity index (χ2v) is 9.09. The van der Waals surface area contributed by atoms with Crippen LogP contribution in [0.25, 0.3) is 5.69 Å². The van der Waals surface area contributed by atoms with Gasteiger partial charge < -0.3 is 10.6 Å². The van der Waals surface area contributed by atoms with Crippen molar-refractivity contribution in [2.75, 3.05) is 11.1 Å². The number of carbonyl (C=O) groups excluding carboxylic acids is 2. The van der Waals surface area contributed by atoms with E-state index in [0.717, 1.165) is 35.5 Å². The lowest BCUT2D eigenvalue weighted by Crippen LogP contribution is -2.25. The van der Waals surface area contributed by atoms with Crippen LogP contribution in [-0.2, 0) is 17.5 Å². The van der Waals surface area contributed by atoms with Crippen LogP contribution in [0, 0.1) is 12.7 Å². The number of anilines is 1. The third kappa shape index (κ3) is 6.57. The Hall–Kier alpha value is -4.19. The number of halogens is 4. The Labute approximate surface area is 219 Å². The molecule has 7 nitrogen and oxygen atoms in total. The van der Waals surface area contributed by atoms with Gasteiger partial charge in [-0.15, -0.1) is 10.2 Å². The average molecular weight is 544 g/mol. The summed E-state index contributed by atoms with van der Waals surface area (Å²) in [5, 5.41) is 13.5. The first kappa shape index (κ1) is 26.9. The van der Waals surface area contributed by atoms with E-state index in [0.29, 0.717) is 5.69 Å². The number of hydrogen-bond donors (Lipinski definition) is 2. The van der Waals surface area contributed by atoms with Crippen molar-refractivity contribution in [1.82, 2.24) is 20.1 Å². The van der Waals surface area contributed by atoms with Crippen LogP contribution < -0.4 is 10.6 Å². The molecule has 0 atom stereocenters. The van der Waals surface area contributed by atoms with E-state index in [1.165, 1.54) is 34.9 Å². The normalized spacial score (nSPS) is 11.3. The number of amides is 2. The topological polar surface area (TPSA) is 88.9 Å². The van der Waals surface area contributed by atoms with E-state index in [9.17, 15) is 27.2 Å². The van der Waals surface area contributed by atoms with Crippen LogP contribution in [0.2, 0.25) is 0 Å². The summed E-state index contributed by atoms with van der Waals surface area (Å²) in [6, 6.07) is 17.1. The zero-order valence-electron chi connectivity index (χ0n) is 19.9. The zero-order valence-corrected chi connectivity index (χ0v) is 20.7. The van der Waals surface area contributed by atoms with Crippen molar-refractivity contribution in [3.05, 3.63) is 101 Å². The number of nitrogens with one attached hydrogen (secondary N) is 2. The minimum Gasteiger partial charge on any atom is -0.345 e. The molecule has 0 fully saturated rings. The number of benzene rings is 3. The summed E-state index contributed by atoms with van der Waals surface area (Å²) < 4.78 is 55.5. The first-order valence-electron chi connectivity index (χ1n) is 11.3. The lowest BCUT2D eigenvalue weighted by Gasteiger charge is -2.13. The van der Waals surface area contributed by atoms with Gasteiger partial charge in [0.2, 0.25) is 5.91 Å². The Balaban J connectivity index is 1.58. The SMILES string of the molecule is Cc1cccc(NC(=O)CSc2nnc(CNC(=O)c3ccccc3F)n2-c2cccc(C(F)(F)F)c2)c1. The highest BCUT2D eigenvalue weighted by Gasteiger charge is 2.31. The number of alkyl halides is 3. The third-order valence-corrected chi connectivity index (χ3v) is 6.22. The van der Waals surface area contributed by atoms with Gasteiger partial charge >= 0.3 is 6.18 Å². The van der Waals surface area contributed by atoms with Crippen molar-refractivity contribution >= 4 is 29.3 Å². The van der Waals surface area contributed by atoms with Gasteiger partial charge in [0.15, 0.2) is 11.0 Å². The maximum atomic E-state index is 14.0. The Bertz CT molecular complexity index is 1470. The Morgan fingerprint density at radius 2 is 1.74 bits per heavy atom. The predicted octanol–water partition coefficient (Wildman–Crippen LogP) is 5.39. The van der Waals surface area contributed by atoms with Crippen LogP contribution in [0.15, 0.2) is 78.0 Å². The molecule has 2 amide bonds. The number of aromatic nitrogens is 3. The van der Waals surface area contributed by atoms with Crippen molar-refractivity contribution in [1.29, 1.82) is 0 Å². The molecule has 38 heavy (non-hydrogen) atoms. The summed E-state index contributed by atoms with van der Waals surface area (Å²) in [7, 11) is 0. The molecular formula is C26H21F4N5O2S. The lowest BCUT2D eigenvalue weighted by atomic mass is 10.2. The van der Waals surface area contributed by atoms with E-state index in [1.54, 1.807) is 18.2 Å². The van der Waals surface area contributed by atoms with Gasteiger partial charge in [-0.2, -0.15) is 13.2 Å². The standard InChI is InChI=1S/C26H21F4N5O2S/c1-16-6-4-8-18(12-16)32-23(36)15-38-25-34-33-22(14-31-24(37)20-10-2-3-11-21(20)27)35(25)19-9-5-7-17(13-19)26(28,29)30/h2-13H,14-15H2,1H3,(H,31,37)(H,32,36). The highest BCUT2D eigenvalue weighted by atomic mass is 32.2. The number of thioether (sulfide) groups is 1. The summed E-state index contributed by atoms with van der Waals surface area (Å²) in [4.78, 5) is 25.0. The monoisotopic (exact) mass is 543 g/mol. The summed E-state index contributed by atoms with van der Waals surface area (Å²) >= 11 is 0.964. The fourth-order valence-corrected chi connectivity index (χ4v) is 4.31. The smallest absolute Gasteiger partial charge is 0.345 e. The number of aryl methyl sites for hydroxylation is 1. The summed E-state index contributed by atoms with van der Waals surface area (Å²) in [5.74, 6) is -1.81. The molecule has 0 aliphatic carbocycles. The van der Waals surface area contributed by atoms with Crippen LogP contribution in [0.1, 0.15) is 27.3 Å². The fraction of sp³-hybridized carbons (Fsp3) is 0.154. The van der Waals surface area contributed by atoms with E-state index < -0.39 is 23.5 Å². The fourth-order valence-electron chi connectivity index (χ4n) is 3.54. The highest BCUT2D eigenvalue weighted by Crippen LogP contribution is 2.31. The molecule has 0 aliphatic heterocycles. The van der Waals surface area contributed by atoms with Gasteiger partial charge in [-0.3, -0.25) is 14.2 Å². The molecule has 0 aliphatic rings. The van der Waals surface area contributed by atoms with Crippen molar-refractivity contribution in [2.24, 2.45) is 0 Å². The molecule has 2 N–H and O–H groups in total. The quantitative estimate of drug-likeness (QED) is 0.230. The van der Waals surface area contributed by atoms with E-state index in [4.69, 9.17) is 0 Å². The van der Waals surface area contributed by atoms with Crippen LogP contribution in [-0.4, -0.2) is 32.3 Å². The minimum absolute atomic E-state index is 0.0848.